The molecule has 0 radical (unpaired) electrons. The Morgan fingerprint density at radius 3 is 2.71 bits per heavy atom. The molecular formula is C14H11NOS. The number of rotatable bonds is 1. The summed E-state index contributed by atoms with van der Waals surface area (Å²) in [6, 6.07) is 12.1. The van der Waals surface area contributed by atoms with Crippen LogP contribution in [0.2, 0.25) is 0 Å². The summed E-state index contributed by atoms with van der Waals surface area (Å²) in [6.45, 7) is 0. The first kappa shape index (κ1) is 10.3. The predicted octanol–water partition coefficient (Wildman–Crippen LogP) is 3.30. The molecule has 0 saturated carbocycles. The lowest BCUT2D eigenvalue weighted by Gasteiger charge is -2.06. The summed E-state index contributed by atoms with van der Waals surface area (Å²) in [7, 11) is 0. The normalized spacial score (nSPS) is 14.4. The summed E-state index contributed by atoms with van der Waals surface area (Å²) in [6.07, 6.45) is 2.26. The molecule has 2 nitrogen and oxygen atoms in total. The van der Waals surface area contributed by atoms with Crippen molar-refractivity contribution in [3.05, 3.63) is 52.5 Å². The number of benzene rings is 1. The SMILES string of the molecule is NC1=Cc2sc(-c3ccccc3)cc2C(=O)C1. The van der Waals surface area contributed by atoms with E-state index in [0.29, 0.717) is 12.1 Å². The van der Waals surface area contributed by atoms with Crippen molar-refractivity contribution in [1.29, 1.82) is 0 Å². The van der Waals surface area contributed by atoms with E-state index in [1.165, 1.54) is 0 Å². The van der Waals surface area contributed by atoms with Crippen molar-refractivity contribution in [2.45, 2.75) is 6.42 Å². The van der Waals surface area contributed by atoms with Crippen LogP contribution in [0, 0.1) is 0 Å². The highest BCUT2D eigenvalue weighted by atomic mass is 32.1. The molecule has 0 saturated heterocycles. The van der Waals surface area contributed by atoms with Gasteiger partial charge in [-0.05, 0) is 17.7 Å². The summed E-state index contributed by atoms with van der Waals surface area (Å²) in [4.78, 5) is 13.9. The van der Waals surface area contributed by atoms with Gasteiger partial charge in [-0.1, -0.05) is 30.3 Å². The van der Waals surface area contributed by atoms with Crippen molar-refractivity contribution < 1.29 is 4.79 Å². The van der Waals surface area contributed by atoms with Gasteiger partial charge in [-0.2, -0.15) is 0 Å². The molecule has 84 valence electrons. The molecule has 2 N–H and O–H groups in total. The first-order chi connectivity index (χ1) is 8.24. The smallest absolute Gasteiger partial charge is 0.170 e. The zero-order valence-electron chi connectivity index (χ0n) is 9.14. The standard InChI is InChI=1S/C14H11NOS/c15-10-6-12(16)11-8-13(17-14(11)7-10)9-4-2-1-3-5-9/h1-5,7-8H,6,15H2. The quantitative estimate of drug-likeness (QED) is 0.832. The highest BCUT2D eigenvalue weighted by molar-refractivity contribution is 7.16. The molecule has 1 heterocycles. The van der Waals surface area contributed by atoms with Crippen molar-refractivity contribution in [3.63, 3.8) is 0 Å². The van der Waals surface area contributed by atoms with Gasteiger partial charge in [0, 0.05) is 21.0 Å². The molecule has 17 heavy (non-hydrogen) atoms. The highest BCUT2D eigenvalue weighted by Gasteiger charge is 2.20. The van der Waals surface area contributed by atoms with E-state index in [1.807, 2.05) is 30.3 Å². The topological polar surface area (TPSA) is 43.1 Å². The summed E-state index contributed by atoms with van der Waals surface area (Å²) >= 11 is 1.62. The minimum absolute atomic E-state index is 0.124. The Balaban J connectivity index is 2.12. The second kappa shape index (κ2) is 3.86. The average molecular weight is 241 g/mol. The Kier molecular flexibility index (Phi) is 2.34. The predicted molar refractivity (Wildman–Crippen MR) is 70.9 cm³/mol. The molecular weight excluding hydrogens is 230 g/mol. The van der Waals surface area contributed by atoms with Crippen LogP contribution in [0.4, 0.5) is 0 Å². The maximum Gasteiger partial charge on any atom is 0.170 e. The van der Waals surface area contributed by atoms with Crippen molar-refractivity contribution >= 4 is 23.2 Å². The van der Waals surface area contributed by atoms with Gasteiger partial charge in [0.2, 0.25) is 0 Å². The molecule has 2 aromatic rings. The fraction of sp³-hybridized carbons (Fsp3) is 0.0714. The number of hydrogen-bond donors (Lipinski definition) is 1. The Labute approximate surface area is 103 Å². The van der Waals surface area contributed by atoms with Gasteiger partial charge in [0.15, 0.2) is 5.78 Å². The molecule has 0 bridgehead atoms. The van der Waals surface area contributed by atoms with E-state index in [9.17, 15) is 4.79 Å². The molecule has 0 fully saturated rings. The molecule has 1 aromatic heterocycles. The van der Waals surface area contributed by atoms with Crippen molar-refractivity contribution in [1.82, 2.24) is 0 Å². The Morgan fingerprint density at radius 1 is 1.18 bits per heavy atom. The van der Waals surface area contributed by atoms with Gasteiger partial charge in [-0.25, -0.2) is 0 Å². The Hall–Kier alpha value is -1.87. The van der Waals surface area contributed by atoms with Gasteiger partial charge in [0.25, 0.3) is 0 Å². The van der Waals surface area contributed by atoms with Crippen LogP contribution in [0.3, 0.4) is 0 Å². The molecule has 0 spiro atoms. The molecule has 0 atom stereocenters. The van der Waals surface area contributed by atoms with Gasteiger partial charge in [-0.15, -0.1) is 11.3 Å². The lowest BCUT2D eigenvalue weighted by Crippen LogP contribution is -2.10. The van der Waals surface area contributed by atoms with Crippen molar-refractivity contribution in [2.24, 2.45) is 5.73 Å². The van der Waals surface area contributed by atoms with Crippen molar-refractivity contribution in [3.8, 4) is 10.4 Å². The number of ketones is 1. The van der Waals surface area contributed by atoms with E-state index >= 15 is 0 Å². The van der Waals surface area contributed by atoms with Gasteiger partial charge in [0.1, 0.15) is 0 Å². The first-order valence-corrected chi connectivity index (χ1v) is 6.24. The molecule has 3 rings (SSSR count). The van der Waals surface area contributed by atoms with Crippen LogP contribution in [0.1, 0.15) is 21.7 Å². The number of allylic oxidation sites excluding steroid dienone is 1. The van der Waals surface area contributed by atoms with Gasteiger partial charge in [0.05, 0.1) is 6.42 Å². The largest absolute Gasteiger partial charge is 0.402 e. The summed E-state index contributed by atoms with van der Waals surface area (Å²) in [5, 5.41) is 0. The molecule has 1 aromatic carbocycles. The molecule has 0 amide bonds. The number of thiophene rings is 1. The van der Waals surface area contributed by atoms with Crippen LogP contribution in [-0.2, 0) is 0 Å². The van der Waals surface area contributed by atoms with E-state index in [4.69, 9.17) is 5.73 Å². The zero-order chi connectivity index (χ0) is 11.8. The van der Waals surface area contributed by atoms with Crippen LogP contribution in [0.15, 0.2) is 42.1 Å². The summed E-state index contributed by atoms with van der Waals surface area (Å²) < 4.78 is 0. The number of fused-ring (bicyclic) bond motifs is 1. The number of hydrogen-bond acceptors (Lipinski definition) is 3. The Morgan fingerprint density at radius 2 is 1.94 bits per heavy atom. The molecule has 1 aliphatic rings. The van der Waals surface area contributed by atoms with Crippen LogP contribution in [0.25, 0.3) is 16.5 Å². The van der Waals surface area contributed by atoms with Crippen LogP contribution >= 0.6 is 11.3 Å². The van der Waals surface area contributed by atoms with E-state index < -0.39 is 0 Å². The van der Waals surface area contributed by atoms with Crippen LogP contribution in [-0.4, -0.2) is 5.78 Å². The maximum atomic E-state index is 11.8. The third-order valence-electron chi connectivity index (χ3n) is 2.80. The second-order valence-corrected chi connectivity index (χ2v) is 5.16. The van der Waals surface area contributed by atoms with E-state index in [1.54, 1.807) is 11.3 Å². The fourth-order valence-corrected chi connectivity index (χ4v) is 3.14. The first-order valence-electron chi connectivity index (χ1n) is 5.42. The van der Waals surface area contributed by atoms with E-state index in [-0.39, 0.29) is 5.78 Å². The number of nitrogens with two attached hydrogens (primary N) is 1. The lowest BCUT2D eigenvalue weighted by atomic mass is 10.0. The lowest BCUT2D eigenvalue weighted by molar-refractivity contribution is 0.0992. The molecule has 1 aliphatic carbocycles. The molecule has 0 aliphatic heterocycles. The van der Waals surface area contributed by atoms with E-state index in [0.717, 1.165) is 20.9 Å². The number of Topliss-reactive ketones (excluding diaryl/α,β-unsaturated/α-hetero) is 1. The third kappa shape index (κ3) is 1.78. The van der Waals surface area contributed by atoms with Crippen LogP contribution < -0.4 is 5.73 Å². The number of carbonyl (C=O) groups is 1. The Bertz CT molecular complexity index is 610. The van der Waals surface area contributed by atoms with Gasteiger partial charge in [-0.3, -0.25) is 4.79 Å². The van der Waals surface area contributed by atoms with E-state index in [2.05, 4.69) is 12.1 Å². The molecule has 0 unspecified atom stereocenters. The zero-order valence-corrected chi connectivity index (χ0v) is 9.96. The van der Waals surface area contributed by atoms with Gasteiger partial charge >= 0.3 is 0 Å². The van der Waals surface area contributed by atoms with Crippen molar-refractivity contribution in [2.75, 3.05) is 0 Å². The summed E-state index contributed by atoms with van der Waals surface area (Å²) in [5.41, 5.74) is 8.34. The molecule has 3 heteroatoms. The number of carbonyl (C=O) groups excluding carboxylic acids is 1. The summed E-state index contributed by atoms with van der Waals surface area (Å²) in [5.74, 6) is 0.124. The minimum atomic E-state index is 0.124. The minimum Gasteiger partial charge on any atom is -0.402 e. The third-order valence-corrected chi connectivity index (χ3v) is 3.93. The maximum absolute atomic E-state index is 11.8. The highest BCUT2D eigenvalue weighted by Crippen LogP contribution is 2.35. The van der Waals surface area contributed by atoms with Gasteiger partial charge < -0.3 is 5.73 Å². The van der Waals surface area contributed by atoms with Crippen LogP contribution in [0.5, 0.6) is 0 Å². The second-order valence-electron chi connectivity index (χ2n) is 4.07. The average Bonchev–Trinajstić information content (AvgIpc) is 2.74. The fourth-order valence-electron chi connectivity index (χ4n) is 1.97. The monoisotopic (exact) mass is 241 g/mol.